The van der Waals surface area contributed by atoms with Gasteiger partial charge in [-0.05, 0) is 51.6 Å². The summed E-state index contributed by atoms with van der Waals surface area (Å²) in [6.45, 7) is 6.01. The average molecular weight is 239 g/mol. The summed E-state index contributed by atoms with van der Waals surface area (Å²) >= 11 is 0. The lowest BCUT2D eigenvalue weighted by atomic mass is 9.90. The van der Waals surface area contributed by atoms with Gasteiger partial charge < -0.3 is 15.1 Å². The third-order valence-electron chi connectivity index (χ3n) is 4.22. The Morgan fingerprint density at radius 1 is 1.41 bits per heavy atom. The van der Waals surface area contributed by atoms with Crippen LogP contribution >= 0.6 is 0 Å². The van der Waals surface area contributed by atoms with Crippen LogP contribution in [0.3, 0.4) is 0 Å². The van der Waals surface area contributed by atoms with E-state index >= 15 is 0 Å². The van der Waals surface area contributed by atoms with Crippen LogP contribution in [0, 0.1) is 5.92 Å². The number of amides is 2. The topological polar surface area (TPSA) is 35.6 Å². The van der Waals surface area contributed by atoms with Crippen molar-refractivity contribution in [1.29, 1.82) is 0 Å². The fourth-order valence-electron chi connectivity index (χ4n) is 3.08. The van der Waals surface area contributed by atoms with Crippen LogP contribution in [0.2, 0.25) is 0 Å². The average Bonchev–Trinajstić information content (AvgIpc) is 2.87. The number of carbonyl (C=O) groups is 1. The first-order chi connectivity index (χ1) is 8.24. The number of rotatable bonds is 2. The molecule has 17 heavy (non-hydrogen) atoms. The second-order valence-electron chi connectivity index (χ2n) is 5.31. The molecular formula is C13H25N3O. The SMILES string of the molecule is CCN(C)C(=O)N1CCCC1C1CCCNC1. The maximum atomic E-state index is 12.3. The third-order valence-corrected chi connectivity index (χ3v) is 4.22. The van der Waals surface area contributed by atoms with E-state index in [0.29, 0.717) is 12.0 Å². The van der Waals surface area contributed by atoms with Crippen molar-refractivity contribution in [1.82, 2.24) is 15.1 Å². The number of nitrogens with zero attached hydrogens (tertiary/aromatic N) is 2. The second-order valence-corrected chi connectivity index (χ2v) is 5.31. The maximum absolute atomic E-state index is 12.3. The van der Waals surface area contributed by atoms with Crippen molar-refractivity contribution < 1.29 is 4.79 Å². The lowest BCUT2D eigenvalue weighted by molar-refractivity contribution is 0.135. The van der Waals surface area contributed by atoms with Crippen LogP contribution in [0.5, 0.6) is 0 Å². The maximum Gasteiger partial charge on any atom is 0.319 e. The molecule has 0 bridgehead atoms. The molecular weight excluding hydrogens is 214 g/mol. The molecule has 4 heteroatoms. The van der Waals surface area contributed by atoms with E-state index in [9.17, 15) is 4.79 Å². The molecule has 0 saturated carbocycles. The summed E-state index contributed by atoms with van der Waals surface area (Å²) < 4.78 is 0. The highest BCUT2D eigenvalue weighted by Crippen LogP contribution is 2.28. The van der Waals surface area contributed by atoms with Crippen LogP contribution < -0.4 is 5.32 Å². The summed E-state index contributed by atoms with van der Waals surface area (Å²) in [5.41, 5.74) is 0. The van der Waals surface area contributed by atoms with Gasteiger partial charge in [-0.1, -0.05) is 0 Å². The first-order valence-electron chi connectivity index (χ1n) is 6.96. The van der Waals surface area contributed by atoms with Crippen molar-refractivity contribution in [2.45, 2.75) is 38.6 Å². The first kappa shape index (κ1) is 12.7. The van der Waals surface area contributed by atoms with Gasteiger partial charge in [0.05, 0.1) is 0 Å². The van der Waals surface area contributed by atoms with Gasteiger partial charge in [0.25, 0.3) is 0 Å². The predicted octanol–water partition coefficient (Wildman–Crippen LogP) is 1.52. The predicted molar refractivity (Wildman–Crippen MR) is 69.0 cm³/mol. The van der Waals surface area contributed by atoms with Crippen molar-refractivity contribution >= 4 is 6.03 Å². The van der Waals surface area contributed by atoms with Crippen molar-refractivity contribution in [2.24, 2.45) is 5.92 Å². The first-order valence-corrected chi connectivity index (χ1v) is 6.96. The van der Waals surface area contributed by atoms with Crippen molar-refractivity contribution in [3.05, 3.63) is 0 Å². The Morgan fingerprint density at radius 2 is 2.24 bits per heavy atom. The van der Waals surface area contributed by atoms with Crippen LogP contribution in [-0.4, -0.2) is 55.1 Å². The Hall–Kier alpha value is -0.770. The molecule has 2 aliphatic heterocycles. The van der Waals surface area contributed by atoms with Crippen LogP contribution in [0.15, 0.2) is 0 Å². The van der Waals surface area contributed by atoms with Crippen LogP contribution in [0.1, 0.15) is 32.6 Å². The Morgan fingerprint density at radius 3 is 2.88 bits per heavy atom. The van der Waals surface area contributed by atoms with E-state index < -0.39 is 0 Å². The Balaban J connectivity index is 1.98. The molecule has 2 atom stereocenters. The van der Waals surface area contributed by atoms with E-state index in [-0.39, 0.29) is 6.03 Å². The van der Waals surface area contributed by atoms with Crippen LogP contribution in [-0.2, 0) is 0 Å². The highest BCUT2D eigenvalue weighted by molar-refractivity contribution is 5.74. The smallest absolute Gasteiger partial charge is 0.319 e. The summed E-state index contributed by atoms with van der Waals surface area (Å²) in [6, 6.07) is 0.699. The number of urea groups is 1. The highest BCUT2D eigenvalue weighted by Gasteiger charge is 2.35. The number of likely N-dealkylation sites (tertiary alicyclic amines) is 1. The summed E-state index contributed by atoms with van der Waals surface area (Å²) in [7, 11) is 1.90. The lowest BCUT2D eigenvalue weighted by Crippen LogP contribution is -2.49. The largest absolute Gasteiger partial charge is 0.328 e. The fraction of sp³-hybridized carbons (Fsp3) is 0.923. The zero-order valence-corrected chi connectivity index (χ0v) is 11.1. The van der Waals surface area contributed by atoms with E-state index in [0.717, 1.165) is 26.2 Å². The summed E-state index contributed by atoms with van der Waals surface area (Å²) in [4.78, 5) is 16.2. The molecule has 2 saturated heterocycles. The molecule has 0 radical (unpaired) electrons. The lowest BCUT2D eigenvalue weighted by Gasteiger charge is -2.36. The van der Waals surface area contributed by atoms with Gasteiger partial charge in [-0.15, -0.1) is 0 Å². The minimum atomic E-state index is 0.223. The van der Waals surface area contributed by atoms with E-state index in [1.165, 1.54) is 25.7 Å². The minimum Gasteiger partial charge on any atom is -0.328 e. The highest BCUT2D eigenvalue weighted by atomic mass is 16.2. The van der Waals surface area contributed by atoms with Crippen molar-refractivity contribution in [2.75, 3.05) is 33.2 Å². The molecule has 2 amide bonds. The third kappa shape index (κ3) is 2.73. The fourth-order valence-corrected chi connectivity index (χ4v) is 3.08. The van der Waals surface area contributed by atoms with Gasteiger partial charge in [0, 0.05) is 26.2 Å². The van der Waals surface area contributed by atoms with Gasteiger partial charge in [-0.3, -0.25) is 0 Å². The molecule has 0 aliphatic carbocycles. The Labute approximate surface area is 104 Å². The van der Waals surface area contributed by atoms with Gasteiger partial charge in [0.2, 0.25) is 0 Å². The molecule has 1 N–H and O–H groups in total. The van der Waals surface area contributed by atoms with Crippen molar-refractivity contribution in [3.63, 3.8) is 0 Å². The Kier molecular flexibility index (Phi) is 4.26. The number of nitrogens with one attached hydrogen (secondary N) is 1. The van der Waals surface area contributed by atoms with E-state index in [1.54, 1.807) is 0 Å². The molecule has 0 spiro atoms. The number of carbonyl (C=O) groups excluding carboxylic acids is 1. The summed E-state index contributed by atoms with van der Waals surface area (Å²) in [6.07, 6.45) is 4.89. The normalized spacial score (nSPS) is 29.4. The van der Waals surface area contributed by atoms with Gasteiger partial charge >= 0.3 is 6.03 Å². The quantitative estimate of drug-likeness (QED) is 0.793. The zero-order chi connectivity index (χ0) is 12.3. The van der Waals surface area contributed by atoms with E-state index in [4.69, 9.17) is 0 Å². The number of hydrogen-bond acceptors (Lipinski definition) is 2. The molecule has 2 rings (SSSR count). The van der Waals surface area contributed by atoms with E-state index in [2.05, 4.69) is 10.2 Å². The van der Waals surface area contributed by atoms with Crippen LogP contribution in [0.25, 0.3) is 0 Å². The molecule has 98 valence electrons. The molecule has 0 aromatic heterocycles. The van der Waals surface area contributed by atoms with Gasteiger partial charge in [0.15, 0.2) is 0 Å². The van der Waals surface area contributed by atoms with Gasteiger partial charge in [-0.2, -0.15) is 0 Å². The Bertz CT molecular complexity index is 263. The standard InChI is InChI=1S/C13H25N3O/c1-3-15(2)13(17)16-9-5-7-12(16)11-6-4-8-14-10-11/h11-12,14H,3-10H2,1-2H3. The number of piperidine rings is 1. The molecule has 4 nitrogen and oxygen atoms in total. The molecule has 2 unspecified atom stereocenters. The van der Waals surface area contributed by atoms with E-state index in [1.807, 2.05) is 18.9 Å². The molecule has 2 fully saturated rings. The van der Waals surface area contributed by atoms with Crippen LogP contribution in [0.4, 0.5) is 4.79 Å². The zero-order valence-electron chi connectivity index (χ0n) is 11.1. The van der Waals surface area contributed by atoms with Gasteiger partial charge in [-0.25, -0.2) is 4.79 Å². The summed E-state index contributed by atoms with van der Waals surface area (Å²) in [5, 5.41) is 3.46. The second kappa shape index (κ2) is 5.71. The molecule has 0 aromatic carbocycles. The molecule has 2 heterocycles. The minimum absolute atomic E-state index is 0.223. The number of hydrogen-bond donors (Lipinski definition) is 1. The summed E-state index contributed by atoms with van der Waals surface area (Å²) in [5.74, 6) is 0.667. The molecule has 2 aliphatic rings. The molecule has 0 aromatic rings. The van der Waals surface area contributed by atoms with Crippen molar-refractivity contribution in [3.8, 4) is 0 Å². The van der Waals surface area contributed by atoms with Gasteiger partial charge in [0.1, 0.15) is 0 Å². The monoisotopic (exact) mass is 239 g/mol.